The molecule has 1 N–H and O–H groups in total. The van der Waals surface area contributed by atoms with Crippen molar-refractivity contribution in [1.82, 2.24) is 15.0 Å². The van der Waals surface area contributed by atoms with Crippen molar-refractivity contribution in [2.45, 2.75) is 6.92 Å². The molecule has 0 unspecified atom stereocenters. The number of ether oxygens (including phenoxy) is 1. The lowest BCUT2D eigenvalue weighted by molar-refractivity contribution is 0.210. The summed E-state index contributed by atoms with van der Waals surface area (Å²) in [6.07, 6.45) is 5.36. The third-order valence-corrected chi connectivity index (χ3v) is 2.45. The van der Waals surface area contributed by atoms with Gasteiger partial charge in [0.2, 0.25) is 5.95 Å². The molecule has 0 atom stereocenters. The molecule has 0 amide bonds. The SMILES string of the molecule is COCCNc1ncc(-c2ccc(C)cn2)cn1. The molecule has 5 nitrogen and oxygen atoms in total. The van der Waals surface area contributed by atoms with Crippen LogP contribution in [0.5, 0.6) is 0 Å². The van der Waals surface area contributed by atoms with Gasteiger partial charge in [0.1, 0.15) is 0 Å². The predicted octanol–water partition coefficient (Wildman–Crippen LogP) is 1.91. The fourth-order valence-corrected chi connectivity index (χ4v) is 1.46. The van der Waals surface area contributed by atoms with Gasteiger partial charge in [0, 0.05) is 37.8 Å². The largest absolute Gasteiger partial charge is 0.383 e. The quantitative estimate of drug-likeness (QED) is 0.814. The monoisotopic (exact) mass is 244 g/mol. The summed E-state index contributed by atoms with van der Waals surface area (Å²) in [4.78, 5) is 12.8. The molecule has 0 aliphatic heterocycles. The number of aromatic nitrogens is 3. The van der Waals surface area contributed by atoms with Gasteiger partial charge in [0.15, 0.2) is 0 Å². The van der Waals surface area contributed by atoms with Gasteiger partial charge in [-0.1, -0.05) is 6.07 Å². The first-order chi connectivity index (χ1) is 8.79. The topological polar surface area (TPSA) is 59.9 Å². The van der Waals surface area contributed by atoms with Crippen LogP contribution in [0, 0.1) is 6.92 Å². The van der Waals surface area contributed by atoms with Crippen molar-refractivity contribution >= 4 is 5.95 Å². The average Bonchev–Trinajstić information content (AvgIpc) is 2.41. The molecule has 0 aliphatic rings. The molecule has 18 heavy (non-hydrogen) atoms. The van der Waals surface area contributed by atoms with Crippen LogP contribution in [0.3, 0.4) is 0 Å². The number of anilines is 1. The van der Waals surface area contributed by atoms with Crippen molar-refractivity contribution < 1.29 is 4.74 Å². The van der Waals surface area contributed by atoms with Crippen LogP contribution >= 0.6 is 0 Å². The minimum atomic E-state index is 0.600. The van der Waals surface area contributed by atoms with E-state index in [1.165, 1.54) is 0 Å². The van der Waals surface area contributed by atoms with Gasteiger partial charge in [0.05, 0.1) is 12.3 Å². The van der Waals surface area contributed by atoms with Gasteiger partial charge in [0.25, 0.3) is 0 Å². The fraction of sp³-hybridized carbons (Fsp3) is 0.308. The normalized spacial score (nSPS) is 10.3. The van der Waals surface area contributed by atoms with Crippen molar-refractivity contribution in [3.63, 3.8) is 0 Å². The minimum Gasteiger partial charge on any atom is -0.383 e. The predicted molar refractivity (Wildman–Crippen MR) is 70.4 cm³/mol. The van der Waals surface area contributed by atoms with Crippen LogP contribution in [0.2, 0.25) is 0 Å². The van der Waals surface area contributed by atoms with E-state index in [4.69, 9.17) is 4.74 Å². The molecular weight excluding hydrogens is 228 g/mol. The third kappa shape index (κ3) is 3.24. The van der Waals surface area contributed by atoms with Crippen LogP contribution in [0.25, 0.3) is 11.3 Å². The second kappa shape index (κ2) is 6.07. The molecule has 2 aromatic rings. The molecular formula is C13H16N4O. The molecule has 2 heterocycles. The molecule has 2 aromatic heterocycles. The molecule has 0 bridgehead atoms. The fourth-order valence-electron chi connectivity index (χ4n) is 1.46. The Morgan fingerprint density at radius 3 is 2.50 bits per heavy atom. The van der Waals surface area contributed by atoms with Crippen LogP contribution < -0.4 is 5.32 Å². The Morgan fingerprint density at radius 1 is 1.11 bits per heavy atom. The van der Waals surface area contributed by atoms with Crippen molar-refractivity contribution in [3.8, 4) is 11.3 Å². The average molecular weight is 244 g/mol. The standard InChI is InChI=1S/C13H16N4O/c1-10-3-4-12(15-7-10)11-8-16-13(17-9-11)14-5-6-18-2/h3-4,7-9H,5-6H2,1-2H3,(H,14,16,17). The molecule has 0 aromatic carbocycles. The van der Waals surface area contributed by atoms with Crippen LogP contribution in [0.4, 0.5) is 5.95 Å². The maximum absolute atomic E-state index is 4.94. The summed E-state index contributed by atoms with van der Waals surface area (Å²) in [6.45, 7) is 3.33. The van der Waals surface area contributed by atoms with Crippen molar-refractivity contribution in [2.24, 2.45) is 0 Å². The van der Waals surface area contributed by atoms with Crippen molar-refractivity contribution in [2.75, 3.05) is 25.6 Å². The molecule has 0 saturated heterocycles. The van der Waals surface area contributed by atoms with Gasteiger partial charge in [-0.15, -0.1) is 0 Å². The summed E-state index contributed by atoms with van der Waals surface area (Å²) in [5.74, 6) is 0.600. The van der Waals surface area contributed by atoms with Crippen LogP contribution in [0.1, 0.15) is 5.56 Å². The molecule has 0 saturated carbocycles. The Kier molecular flexibility index (Phi) is 4.20. The lowest BCUT2D eigenvalue weighted by Crippen LogP contribution is -2.09. The van der Waals surface area contributed by atoms with E-state index in [1.807, 2.05) is 25.3 Å². The van der Waals surface area contributed by atoms with E-state index in [2.05, 4.69) is 20.3 Å². The van der Waals surface area contributed by atoms with Gasteiger partial charge < -0.3 is 10.1 Å². The molecule has 2 rings (SSSR count). The maximum Gasteiger partial charge on any atom is 0.222 e. The number of methoxy groups -OCH3 is 1. The summed E-state index contributed by atoms with van der Waals surface area (Å²) in [5, 5.41) is 3.07. The van der Waals surface area contributed by atoms with Crippen molar-refractivity contribution in [3.05, 3.63) is 36.3 Å². The molecule has 0 fully saturated rings. The van der Waals surface area contributed by atoms with E-state index in [1.54, 1.807) is 19.5 Å². The summed E-state index contributed by atoms with van der Waals surface area (Å²) >= 11 is 0. The van der Waals surface area contributed by atoms with E-state index in [-0.39, 0.29) is 0 Å². The highest BCUT2D eigenvalue weighted by Crippen LogP contribution is 2.15. The zero-order chi connectivity index (χ0) is 12.8. The zero-order valence-corrected chi connectivity index (χ0v) is 10.6. The first kappa shape index (κ1) is 12.4. The third-order valence-electron chi connectivity index (χ3n) is 2.45. The lowest BCUT2D eigenvalue weighted by Gasteiger charge is -2.04. The number of aryl methyl sites for hydroxylation is 1. The smallest absolute Gasteiger partial charge is 0.222 e. The highest BCUT2D eigenvalue weighted by molar-refractivity contribution is 5.57. The number of nitrogens with zero attached hydrogens (tertiary/aromatic N) is 3. The lowest BCUT2D eigenvalue weighted by atomic mass is 10.2. The Morgan fingerprint density at radius 2 is 1.89 bits per heavy atom. The maximum atomic E-state index is 4.94. The molecule has 0 aliphatic carbocycles. The van der Waals surface area contributed by atoms with Crippen molar-refractivity contribution in [1.29, 1.82) is 0 Å². The van der Waals surface area contributed by atoms with Crippen LogP contribution in [0.15, 0.2) is 30.7 Å². The number of hydrogen-bond donors (Lipinski definition) is 1. The van der Waals surface area contributed by atoms with Gasteiger partial charge in [-0.25, -0.2) is 9.97 Å². The van der Waals surface area contributed by atoms with E-state index >= 15 is 0 Å². The highest BCUT2D eigenvalue weighted by atomic mass is 16.5. The first-order valence-corrected chi connectivity index (χ1v) is 5.77. The number of nitrogens with one attached hydrogen (secondary N) is 1. The Hall–Kier alpha value is -2.01. The van der Waals surface area contributed by atoms with Gasteiger partial charge in [-0.3, -0.25) is 4.98 Å². The Bertz CT molecular complexity index is 481. The minimum absolute atomic E-state index is 0.600. The summed E-state index contributed by atoms with van der Waals surface area (Å²) in [6, 6.07) is 3.99. The van der Waals surface area contributed by atoms with E-state index in [9.17, 15) is 0 Å². The van der Waals surface area contributed by atoms with Crippen LogP contribution in [-0.2, 0) is 4.74 Å². The molecule has 0 spiro atoms. The second-order valence-corrected chi connectivity index (χ2v) is 3.94. The van der Waals surface area contributed by atoms with E-state index < -0.39 is 0 Å². The first-order valence-electron chi connectivity index (χ1n) is 5.77. The van der Waals surface area contributed by atoms with E-state index in [0.29, 0.717) is 19.1 Å². The summed E-state index contributed by atoms with van der Waals surface area (Å²) < 4.78 is 4.94. The Balaban J connectivity index is 2.05. The van der Waals surface area contributed by atoms with Gasteiger partial charge in [-0.05, 0) is 18.6 Å². The van der Waals surface area contributed by atoms with E-state index in [0.717, 1.165) is 16.8 Å². The zero-order valence-electron chi connectivity index (χ0n) is 10.6. The highest BCUT2D eigenvalue weighted by Gasteiger charge is 2.01. The molecule has 5 heteroatoms. The summed E-state index contributed by atoms with van der Waals surface area (Å²) in [5.41, 5.74) is 2.92. The van der Waals surface area contributed by atoms with Crippen LogP contribution in [-0.4, -0.2) is 35.2 Å². The Labute approximate surface area is 106 Å². The number of hydrogen-bond acceptors (Lipinski definition) is 5. The van der Waals surface area contributed by atoms with Gasteiger partial charge >= 0.3 is 0 Å². The number of rotatable bonds is 5. The van der Waals surface area contributed by atoms with Gasteiger partial charge in [-0.2, -0.15) is 0 Å². The number of pyridine rings is 1. The molecule has 94 valence electrons. The second-order valence-electron chi connectivity index (χ2n) is 3.94. The molecule has 0 radical (unpaired) electrons. The summed E-state index contributed by atoms with van der Waals surface area (Å²) in [7, 11) is 1.66.